The van der Waals surface area contributed by atoms with Crippen LogP contribution in [0.5, 0.6) is 0 Å². The van der Waals surface area contributed by atoms with Gasteiger partial charge in [-0.3, -0.25) is 9.36 Å². The summed E-state index contributed by atoms with van der Waals surface area (Å²) in [5.74, 6) is 0.794. The highest BCUT2D eigenvalue weighted by atomic mass is 35.5. The molecular formula is C22H26ClN3O2S. The SMILES string of the molecule is Cc1cccc(CCC(=O)Cn2nc(-c3scc(C)c3Cl)n(CC(C)C)c2=O)c1. The van der Waals surface area contributed by atoms with Crippen molar-refractivity contribution in [2.75, 3.05) is 0 Å². The van der Waals surface area contributed by atoms with E-state index >= 15 is 0 Å². The molecule has 0 saturated heterocycles. The highest BCUT2D eigenvalue weighted by Gasteiger charge is 2.21. The van der Waals surface area contributed by atoms with Crippen LogP contribution in [0.15, 0.2) is 34.4 Å². The van der Waals surface area contributed by atoms with Crippen molar-refractivity contribution in [2.45, 2.75) is 53.6 Å². The van der Waals surface area contributed by atoms with E-state index in [1.165, 1.54) is 21.6 Å². The summed E-state index contributed by atoms with van der Waals surface area (Å²) >= 11 is 7.90. The molecule has 0 amide bonds. The van der Waals surface area contributed by atoms with E-state index in [4.69, 9.17) is 11.6 Å². The molecule has 0 bridgehead atoms. The Balaban J connectivity index is 1.82. The van der Waals surface area contributed by atoms with Crippen LogP contribution in [0.25, 0.3) is 10.7 Å². The zero-order chi connectivity index (χ0) is 21.1. The fraction of sp³-hybridized carbons (Fsp3) is 0.409. The summed E-state index contributed by atoms with van der Waals surface area (Å²) in [4.78, 5) is 26.3. The van der Waals surface area contributed by atoms with E-state index in [9.17, 15) is 9.59 Å². The summed E-state index contributed by atoms with van der Waals surface area (Å²) in [6.45, 7) is 8.55. The Bertz CT molecular complexity index is 1080. The van der Waals surface area contributed by atoms with Gasteiger partial charge in [-0.1, -0.05) is 55.3 Å². The van der Waals surface area contributed by atoms with Crippen molar-refractivity contribution in [1.82, 2.24) is 14.3 Å². The number of Topliss-reactive ketones (excluding diaryl/α,β-unsaturated/α-hetero) is 1. The van der Waals surface area contributed by atoms with Gasteiger partial charge in [0.1, 0.15) is 6.54 Å². The molecule has 7 heteroatoms. The molecular weight excluding hydrogens is 406 g/mol. The van der Waals surface area contributed by atoms with Gasteiger partial charge < -0.3 is 0 Å². The topological polar surface area (TPSA) is 56.9 Å². The van der Waals surface area contributed by atoms with Gasteiger partial charge in [0.25, 0.3) is 0 Å². The van der Waals surface area contributed by atoms with Gasteiger partial charge in [-0.05, 0) is 42.7 Å². The summed E-state index contributed by atoms with van der Waals surface area (Å²) in [6.07, 6.45) is 1.03. The lowest BCUT2D eigenvalue weighted by atomic mass is 10.1. The number of thiophene rings is 1. The Hall–Kier alpha value is -2.18. The fourth-order valence-electron chi connectivity index (χ4n) is 3.22. The van der Waals surface area contributed by atoms with Gasteiger partial charge >= 0.3 is 5.69 Å². The van der Waals surface area contributed by atoms with E-state index < -0.39 is 0 Å². The minimum Gasteiger partial charge on any atom is -0.298 e. The first kappa shape index (κ1) is 21.5. The van der Waals surface area contributed by atoms with Gasteiger partial charge in [0.15, 0.2) is 11.6 Å². The third kappa shape index (κ3) is 5.06. The van der Waals surface area contributed by atoms with E-state index in [1.54, 1.807) is 4.57 Å². The lowest BCUT2D eigenvalue weighted by Crippen LogP contribution is -2.29. The van der Waals surface area contributed by atoms with Crippen molar-refractivity contribution < 1.29 is 4.79 Å². The van der Waals surface area contributed by atoms with Crippen LogP contribution in [-0.2, 0) is 24.3 Å². The largest absolute Gasteiger partial charge is 0.346 e. The molecule has 5 nitrogen and oxygen atoms in total. The number of halogens is 1. The normalized spacial score (nSPS) is 11.4. The quantitative estimate of drug-likeness (QED) is 0.509. The number of benzene rings is 1. The molecule has 3 rings (SSSR count). The zero-order valence-electron chi connectivity index (χ0n) is 17.2. The number of rotatable bonds is 8. The smallest absolute Gasteiger partial charge is 0.298 e. The molecule has 0 fully saturated rings. The molecule has 0 radical (unpaired) electrons. The van der Waals surface area contributed by atoms with E-state index in [-0.39, 0.29) is 23.9 Å². The summed E-state index contributed by atoms with van der Waals surface area (Å²) in [5, 5.41) is 7.05. The van der Waals surface area contributed by atoms with Crippen molar-refractivity contribution in [3.8, 4) is 10.7 Å². The number of hydrogen-bond acceptors (Lipinski definition) is 4. The van der Waals surface area contributed by atoms with Crippen molar-refractivity contribution >= 4 is 28.7 Å². The second kappa shape index (κ2) is 9.09. The number of nitrogens with zero attached hydrogens (tertiary/aromatic N) is 3. The lowest BCUT2D eigenvalue weighted by molar-refractivity contribution is -0.119. The van der Waals surface area contributed by atoms with Crippen LogP contribution in [0.4, 0.5) is 0 Å². The monoisotopic (exact) mass is 431 g/mol. The van der Waals surface area contributed by atoms with Crippen LogP contribution in [-0.4, -0.2) is 20.1 Å². The lowest BCUT2D eigenvalue weighted by Gasteiger charge is -2.07. The number of aryl methyl sites for hydroxylation is 3. The van der Waals surface area contributed by atoms with Gasteiger partial charge in [-0.2, -0.15) is 0 Å². The average Bonchev–Trinajstić information content (AvgIpc) is 3.14. The van der Waals surface area contributed by atoms with Crippen LogP contribution >= 0.6 is 22.9 Å². The molecule has 0 aliphatic carbocycles. The van der Waals surface area contributed by atoms with Gasteiger partial charge in [-0.15, -0.1) is 16.4 Å². The minimum absolute atomic E-state index is 0.0113. The summed E-state index contributed by atoms with van der Waals surface area (Å²) in [6, 6.07) is 8.12. The van der Waals surface area contributed by atoms with Crippen molar-refractivity contribution in [1.29, 1.82) is 0 Å². The van der Waals surface area contributed by atoms with Crippen LogP contribution in [0.3, 0.4) is 0 Å². The molecule has 154 valence electrons. The van der Waals surface area contributed by atoms with Crippen LogP contribution in [0, 0.1) is 19.8 Å². The van der Waals surface area contributed by atoms with E-state index in [1.807, 2.05) is 51.3 Å². The molecule has 1 aromatic carbocycles. The van der Waals surface area contributed by atoms with Crippen LogP contribution < -0.4 is 5.69 Å². The first-order chi connectivity index (χ1) is 13.8. The third-order valence-electron chi connectivity index (χ3n) is 4.67. The second-order valence-corrected chi connectivity index (χ2v) is 9.12. The van der Waals surface area contributed by atoms with Crippen molar-refractivity contribution in [3.63, 3.8) is 0 Å². The Morgan fingerprint density at radius 3 is 2.66 bits per heavy atom. The van der Waals surface area contributed by atoms with Crippen molar-refractivity contribution in [2.24, 2.45) is 5.92 Å². The first-order valence-corrected chi connectivity index (χ1v) is 11.0. The number of aromatic nitrogens is 3. The Labute approximate surface area is 179 Å². The van der Waals surface area contributed by atoms with Crippen molar-refractivity contribution in [3.05, 3.63) is 61.8 Å². The predicted molar refractivity (Wildman–Crippen MR) is 119 cm³/mol. The average molecular weight is 432 g/mol. The number of hydrogen-bond donors (Lipinski definition) is 0. The van der Waals surface area contributed by atoms with Gasteiger partial charge in [0, 0.05) is 13.0 Å². The number of ketones is 1. The summed E-state index contributed by atoms with van der Waals surface area (Å²) in [5.41, 5.74) is 2.99. The molecule has 0 aliphatic rings. The highest BCUT2D eigenvalue weighted by molar-refractivity contribution is 7.14. The summed E-state index contributed by atoms with van der Waals surface area (Å²) in [7, 11) is 0. The number of carbonyl (C=O) groups is 1. The molecule has 0 N–H and O–H groups in total. The van der Waals surface area contributed by atoms with Crippen LogP contribution in [0.2, 0.25) is 5.02 Å². The van der Waals surface area contributed by atoms with Gasteiger partial charge in [0.05, 0.1) is 9.90 Å². The molecule has 3 aromatic rings. The fourth-order valence-corrected chi connectivity index (χ4v) is 4.49. The first-order valence-electron chi connectivity index (χ1n) is 9.75. The minimum atomic E-state index is -0.264. The molecule has 0 unspecified atom stereocenters. The van der Waals surface area contributed by atoms with Gasteiger partial charge in [-0.25, -0.2) is 9.48 Å². The molecule has 2 aromatic heterocycles. The Morgan fingerprint density at radius 1 is 1.28 bits per heavy atom. The summed E-state index contributed by atoms with van der Waals surface area (Å²) < 4.78 is 2.91. The number of carbonyl (C=O) groups excluding carboxylic acids is 1. The molecule has 2 heterocycles. The van der Waals surface area contributed by atoms with E-state index in [2.05, 4.69) is 11.2 Å². The standard InChI is InChI=1S/C22H26ClN3O2S/c1-14(2)11-25-21(20-19(23)16(4)13-29-20)24-26(22(25)28)12-18(27)9-8-17-7-5-6-15(3)10-17/h5-7,10,13-14H,8-9,11-12H2,1-4H3. The molecule has 0 atom stereocenters. The van der Waals surface area contributed by atoms with Gasteiger partial charge in [0.2, 0.25) is 0 Å². The van der Waals surface area contributed by atoms with E-state index in [0.29, 0.717) is 30.2 Å². The molecule has 0 saturated carbocycles. The second-order valence-electron chi connectivity index (χ2n) is 7.86. The Kier molecular flexibility index (Phi) is 6.75. The maximum atomic E-state index is 12.9. The maximum Gasteiger partial charge on any atom is 0.346 e. The zero-order valence-corrected chi connectivity index (χ0v) is 18.8. The maximum absolute atomic E-state index is 12.9. The highest BCUT2D eigenvalue weighted by Crippen LogP contribution is 2.35. The van der Waals surface area contributed by atoms with Crippen LogP contribution in [0.1, 0.15) is 37.0 Å². The molecule has 0 spiro atoms. The third-order valence-corrected chi connectivity index (χ3v) is 6.37. The predicted octanol–water partition coefficient (Wildman–Crippen LogP) is 4.90. The van der Waals surface area contributed by atoms with E-state index in [0.717, 1.165) is 16.0 Å². The Morgan fingerprint density at radius 2 is 2.03 bits per heavy atom. The molecule has 29 heavy (non-hydrogen) atoms. The molecule has 0 aliphatic heterocycles.